The first-order valence-corrected chi connectivity index (χ1v) is 10.1. The molecule has 0 atom stereocenters. The summed E-state index contributed by atoms with van der Waals surface area (Å²) in [5.74, 6) is 0.318. The lowest BCUT2D eigenvalue weighted by Crippen LogP contribution is -2.47. The maximum atomic E-state index is 13.2. The molecule has 1 saturated heterocycles. The summed E-state index contributed by atoms with van der Waals surface area (Å²) in [6.45, 7) is 3.52. The quantitative estimate of drug-likeness (QED) is 0.650. The molecule has 3 heterocycles. The van der Waals surface area contributed by atoms with E-state index in [1.165, 1.54) is 22.9 Å². The summed E-state index contributed by atoms with van der Waals surface area (Å²) < 4.78 is 40.9. The van der Waals surface area contributed by atoms with E-state index in [1.54, 1.807) is 18.5 Å². The molecule has 1 amide bonds. The molecule has 11 heteroatoms. The second-order valence-corrected chi connectivity index (χ2v) is 7.59. The highest BCUT2D eigenvalue weighted by Gasteiger charge is 2.30. The lowest BCUT2D eigenvalue weighted by Gasteiger charge is -2.31. The highest BCUT2D eigenvalue weighted by molar-refractivity contribution is 5.91. The van der Waals surface area contributed by atoms with Gasteiger partial charge >= 0.3 is 6.18 Å². The van der Waals surface area contributed by atoms with E-state index in [0.717, 1.165) is 38.3 Å². The molecule has 2 aromatic heterocycles. The van der Waals surface area contributed by atoms with Crippen LogP contribution in [0.5, 0.6) is 0 Å². The van der Waals surface area contributed by atoms with E-state index in [2.05, 4.69) is 25.3 Å². The molecule has 1 N–H and O–H groups in total. The second kappa shape index (κ2) is 9.05. The van der Waals surface area contributed by atoms with Crippen molar-refractivity contribution in [1.82, 2.24) is 29.5 Å². The highest BCUT2D eigenvalue weighted by atomic mass is 19.4. The molecule has 3 aromatic rings. The van der Waals surface area contributed by atoms with Crippen molar-refractivity contribution in [2.24, 2.45) is 0 Å². The van der Waals surface area contributed by atoms with Crippen molar-refractivity contribution < 1.29 is 18.0 Å². The van der Waals surface area contributed by atoms with Gasteiger partial charge in [-0.2, -0.15) is 18.3 Å². The fourth-order valence-electron chi connectivity index (χ4n) is 3.38. The van der Waals surface area contributed by atoms with Crippen LogP contribution in [0.15, 0.2) is 48.8 Å². The number of aromatic nitrogens is 4. The van der Waals surface area contributed by atoms with Crippen molar-refractivity contribution >= 4 is 11.7 Å². The number of alkyl halides is 3. The number of likely N-dealkylation sites (N-methyl/N-ethyl adjacent to an activating group) is 1. The van der Waals surface area contributed by atoms with Crippen LogP contribution in [0.3, 0.4) is 0 Å². The third kappa shape index (κ3) is 5.29. The topological polar surface area (TPSA) is 79.2 Å². The Bertz CT molecular complexity index is 1080. The number of carbonyl (C=O) groups is 1. The van der Waals surface area contributed by atoms with Gasteiger partial charge in [0.2, 0.25) is 5.91 Å². The minimum Gasteiger partial charge on any atom is -0.309 e. The first kappa shape index (κ1) is 21.9. The predicted octanol–water partition coefficient (Wildman–Crippen LogP) is 2.53. The van der Waals surface area contributed by atoms with Gasteiger partial charge in [-0.15, -0.1) is 0 Å². The van der Waals surface area contributed by atoms with Crippen LogP contribution in [0.1, 0.15) is 5.56 Å². The SMILES string of the molecule is CN1CCN(CC(=O)Nc2cc(-n3cccn3)nc(-c3cccc(C(F)(F)F)c3)n2)CC1. The first-order valence-electron chi connectivity index (χ1n) is 10.1. The summed E-state index contributed by atoms with van der Waals surface area (Å²) in [4.78, 5) is 25.5. The fraction of sp³-hybridized carbons (Fsp3) is 0.333. The van der Waals surface area contributed by atoms with E-state index in [-0.39, 0.29) is 29.7 Å². The normalized spacial score (nSPS) is 15.6. The number of hydrogen-bond acceptors (Lipinski definition) is 6. The molecule has 8 nitrogen and oxygen atoms in total. The zero-order valence-electron chi connectivity index (χ0n) is 17.4. The average Bonchev–Trinajstić information content (AvgIpc) is 3.30. The summed E-state index contributed by atoms with van der Waals surface area (Å²) in [6, 6.07) is 7.99. The van der Waals surface area contributed by atoms with Crippen molar-refractivity contribution in [3.05, 3.63) is 54.4 Å². The molecule has 1 aliphatic rings. The largest absolute Gasteiger partial charge is 0.416 e. The Kier molecular flexibility index (Phi) is 6.19. The number of anilines is 1. The molecule has 0 radical (unpaired) electrons. The third-order valence-electron chi connectivity index (χ3n) is 5.13. The molecule has 4 rings (SSSR count). The minimum atomic E-state index is -4.49. The van der Waals surface area contributed by atoms with Gasteiger partial charge in [-0.1, -0.05) is 12.1 Å². The Labute approximate surface area is 182 Å². The molecular formula is C21H22F3N7O. The Morgan fingerprint density at radius 2 is 1.88 bits per heavy atom. The molecular weight excluding hydrogens is 423 g/mol. The average molecular weight is 445 g/mol. The number of carbonyl (C=O) groups excluding carboxylic acids is 1. The van der Waals surface area contributed by atoms with Crippen LogP contribution < -0.4 is 5.32 Å². The predicted molar refractivity (Wildman–Crippen MR) is 112 cm³/mol. The molecule has 0 aliphatic carbocycles. The Morgan fingerprint density at radius 1 is 1.09 bits per heavy atom. The van der Waals surface area contributed by atoms with Crippen molar-refractivity contribution in [3.63, 3.8) is 0 Å². The van der Waals surface area contributed by atoms with Gasteiger partial charge in [0.25, 0.3) is 0 Å². The van der Waals surface area contributed by atoms with E-state index < -0.39 is 11.7 Å². The number of benzene rings is 1. The molecule has 0 bridgehead atoms. The van der Waals surface area contributed by atoms with Crippen LogP contribution in [-0.2, 0) is 11.0 Å². The Balaban J connectivity index is 1.61. The zero-order chi connectivity index (χ0) is 22.7. The number of hydrogen-bond donors (Lipinski definition) is 1. The van der Waals surface area contributed by atoms with Crippen molar-refractivity contribution in [2.75, 3.05) is 45.1 Å². The van der Waals surface area contributed by atoms with Crippen LogP contribution in [0.25, 0.3) is 17.2 Å². The Morgan fingerprint density at radius 3 is 2.56 bits per heavy atom. The van der Waals surface area contributed by atoms with E-state index in [1.807, 2.05) is 11.9 Å². The van der Waals surface area contributed by atoms with E-state index in [4.69, 9.17) is 0 Å². The third-order valence-corrected chi connectivity index (χ3v) is 5.13. The first-order chi connectivity index (χ1) is 15.3. The van der Waals surface area contributed by atoms with Crippen LogP contribution in [0, 0.1) is 0 Å². The van der Waals surface area contributed by atoms with E-state index >= 15 is 0 Å². The highest BCUT2D eigenvalue weighted by Crippen LogP contribution is 2.31. The summed E-state index contributed by atoms with van der Waals surface area (Å²) in [5.41, 5.74) is -0.618. The standard InChI is InChI=1S/C21H22F3N7O/c1-29-8-10-30(11-9-29)14-19(32)26-17-13-18(31-7-3-6-25-31)28-20(27-17)15-4-2-5-16(12-15)21(22,23)24/h2-7,12-13H,8-11,14H2,1H3,(H,26,27,28,32). The summed E-state index contributed by atoms with van der Waals surface area (Å²) in [7, 11) is 2.03. The molecule has 168 valence electrons. The maximum absolute atomic E-state index is 13.2. The molecule has 1 fully saturated rings. The van der Waals surface area contributed by atoms with Crippen LogP contribution in [0.2, 0.25) is 0 Å². The van der Waals surface area contributed by atoms with E-state index in [9.17, 15) is 18.0 Å². The van der Waals surface area contributed by atoms with Gasteiger partial charge in [0.05, 0.1) is 12.1 Å². The summed E-state index contributed by atoms with van der Waals surface area (Å²) >= 11 is 0. The smallest absolute Gasteiger partial charge is 0.309 e. The van der Waals surface area contributed by atoms with Gasteiger partial charge in [0, 0.05) is 50.2 Å². The van der Waals surface area contributed by atoms with Gasteiger partial charge in [0.1, 0.15) is 5.82 Å². The van der Waals surface area contributed by atoms with Gasteiger partial charge in [-0.05, 0) is 25.2 Å². The second-order valence-electron chi connectivity index (χ2n) is 7.59. The fourth-order valence-corrected chi connectivity index (χ4v) is 3.38. The van der Waals surface area contributed by atoms with Crippen LogP contribution in [0.4, 0.5) is 19.0 Å². The van der Waals surface area contributed by atoms with Crippen molar-refractivity contribution in [1.29, 1.82) is 0 Å². The van der Waals surface area contributed by atoms with Crippen molar-refractivity contribution in [3.8, 4) is 17.2 Å². The molecule has 0 spiro atoms. The Hall–Kier alpha value is -3.31. The van der Waals surface area contributed by atoms with Crippen LogP contribution in [-0.4, -0.2) is 75.2 Å². The lowest BCUT2D eigenvalue weighted by atomic mass is 10.1. The summed E-state index contributed by atoms with van der Waals surface area (Å²) in [5, 5.41) is 6.87. The minimum absolute atomic E-state index is 0.0546. The number of nitrogens with zero attached hydrogens (tertiary/aromatic N) is 6. The lowest BCUT2D eigenvalue weighted by molar-refractivity contribution is -0.137. The zero-order valence-corrected chi connectivity index (χ0v) is 17.4. The molecule has 1 aromatic carbocycles. The number of nitrogens with one attached hydrogen (secondary N) is 1. The van der Waals surface area contributed by atoms with E-state index in [0.29, 0.717) is 5.82 Å². The molecule has 1 aliphatic heterocycles. The van der Waals surface area contributed by atoms with Gasteiger partial charge in [-0.3, -0.25) is 9.69 Å². The molecule has 0 unspecified atom stereocenters. The number of rotatable bonds is 5. The van der Waals surface area contributed by atoms with Gasteiger partial charge in [-0.25, -0.2) is 14.6 Å². The van der Waals surface area contributed by atoms with Crippen LogP contribution >= 0.6 is 0 Å². The van der Waals surface area contributed by atoms with Gasteiger partial charge < -0.3 is 10.2 Å². The number of piperazine rings is 1. The number of amides is 1. The molecule has 32 heavy (non-hydrogen) atoms. The monoisotopic (exact) mass is 445 g/mol. The number of halogens is 3. The maximum Gasteiger partial charge on any atom is 0.416 e. The molecule has 0 saturated carbocycles. The van der Waals surface area contributed by atoms with Gasteiger partial charge in [0.15, 0.2) is 11.6 Å². The van der Waals surface area contributed by atoms with Crippen molar-refractivity contribution in [2.45, 2.75) is 6.18 Å². The summed E-state index contributed by atoms with van der Waals surface area (Å²) in [6.07, 6.45) is -1.29.